The highest BCUT2D eigenvalue weighted by Crippen LogP contribution is 2.23. The highest BCUT2D eigenvalue weighted by molar-refractivity contribution is 5.96. The highest BCUT2D eigenvalue weighted by Gasteiger charge is 2.26. The molecule has 0 saturated carbocycles. The normalized spacial score (nSPS) is 15.0. The van der Waals surface area contributed by atoms with E-state index in [1.54, 1.807) is 30.6 Å². The number of amides is 2. The van der Waals surface area contributed by atoms with Crippen LogP contribution in [0.15, 0.2) is 59.3 Å². The van der Waals surface area contributed by atoms with Crippen LogP contribution in [-0.4, -0.2) is 41.3 Å². The molecular formula is C21H21N3O3. The zero-order chi connectivity index (χ0) is 18.6. The Labute approximate surface area is 157 Å². The summed E-state index contributed by atoms with van der Waals surface area (Å²) in [7, 11) is 0. The van der Waals surface area contributed by atoms with Crippen molar-refractivity contribution in [3.05, 3.63) is 66.2 Å². The Morgan fingerprint density at radius 2 is 1.96 bits per heavy atom. The van der Waals surface area contributed by atoms with Crippen molar-refractivity contribution in [1.82, 2.24) is 15.2 Å². The van der Waals surface area contributed by atoms with Gasteiger partial charge in [-0.3, -0.25) is 14.6 Å². The van der Waals surface area contributed by atoms with Crippen LogP contribution in [0.25, 0.3) is 11.0 Å². The van der Waals surface area contributed by atoms with Crippen LogP contribution in [0, 0.1) is 5.92 Å². The number of fused-ring (bicyclic) bond motifs is 1. The summed E-state index contributed by atoms with van der Waals surface area (Å²) in [6.45, 7) is 1.95. The highest BCUT2D eigenvalue weighted by atomic mass is 16.3. The standard InChI is InChI=1S/C21H21N3O3/c25-20(17-5-3-9-22-14-17)23-13-15-7-10-24(11-8-15)21(26)19-12-16-4-1-2-6-18(16)27-19/h1-6,9,12,14-15H,7-8,10-11,13H2,(H,23,25). The van der Waals surface area contributed by atoms with Gasteiger partial charge in [0.1, 0.15) is 5.58 Å². The molecule has 0 atom stereocenters. The van der Waals surface area contributed by atoms with Gasteiger partial charge in [-0.1, -0.05) is 18.2 Å². The number of furan rings is 1. The van der Waals surface area contributed by atoms with Gasteiger partial charge in [0.15, 0.2) is 5.76 Å². The van der Waals surface area contributed by atoms with Gasteiger partial charge in [0.25, 0.3) is 11.8 Å². The van der Waals surface area contributed by atoms with Crippen LogP contribution in [0.2, 0.25) is 0 Å². The van der Waals surface area contributed by atoms with E-state index in [-0.39, 0.29) is 11.8 Å². The van der Waals surface area contributed by atoms with Crippen molar-refractivity contribution < 1.29 is 14.0 Å². The maximum absolute atomic E-state index is 12.7. The third kappa shape index (κ3) is 3.84. The van der Waals surface area contributed by atoms with Gasteiger partial charge >= 0.3 is 0 Å². The van der Waals surface area contributed by atoms with E-state index in [1.165, 1.54) is 0 Å². The van der Waals surface area contributed by atoms with Crippen LogP contribution >= 0.6 is 0 Å². The van der Waals surface area contributed by atoms with Crippen LogP contribution in [0.4, 0.5) is 0 Å². The Kier molecular flexibility index (Phi) is 4.87. The Hall–Kier alpha value is -3.15. The molecule has 2 aromatic heterocycles. The molecule has 0 radical (unpaired) electrons. The second-order valence-corrected chi connectivity index (χ2v) is 6.84. The Bertz CT molecular complexity index is 910. The Morgan fingerprint density at radius 1 is 1.15 bits per heavy atom. The maximum Gasteiger partial charge on any atom is 0.289 e. The number of carbonyl (C=O) groups excluding carboxylic acids is 2. The van der Waals surface area contributed by atoms with Crippen LogP contribution in [0.1, 0.15) is 33.8 Å². The lowest BCUT2D eigenvalue weighted by atomic mass is 9.96. The first-order valence-electron chi connectivity index (χ1n) is 9.17. The van der Waals surface area contributed by atoms with Gasteiger partial charge in [0, 0.05) is 37.4 Å². The number of hydrogen-bond donors (Lipinski definition) is 1. The molecule has 3 heterocycles. The number of piperidine rings is 1. The minimum atomic E-state index is -0.108. The van der Waals surface area contributed by atoms with Crippen molar-refractivity contribution in [1.29, 1.82) is 0 Å². The zero-order valence-electron chi connectivity index (χ0n) is 14.9. The first-order valence-corrected chi connectivity index (χ1v) is 9.17. The fourth-order valence-corrected chi connectivity index (χ4v) is 3.42. The molecule has 0 aliphatic carbocycles. The Morgan fingerprint density at radius 3 is 2.70 bits per heavy atom. The van der Waals surface area contributed by atoms with E-state index in [9.17, 15) is 9.59 Å². The molecule has 0 unspecified atom stereocenters. The number of para-hydroxylation sites is 1. The second-order valence-electron chi connectivity index (χ2n) is 6.84. The molecule has 1 saturated heterocycles. The lowest BCUT2D eigenvalue weighted by molar-refractivity contribution is 0.0655. The lowest BCUT2D eigenvalue weighted by Crippen LogP contribution is -2.41. The van der Waals surface area contributed by atoms with Gasteiger partial charge in [-0.25, -0.2) is 0 Å². The van der Waals surface area contributed by atoms with Crippen LogP contribution in [-0.2, 0) is 0 Å². The fourth-order valence-electron chi connectivity index (χ4n) is 3.42. The SMILES string of the molecule is O=C(NCC1CCN(C(=O)c2cc3ccccc3o2)CC1)c1cccnc1. The number of nitrogens with one attached hydrogen (secondary N) is 1. The third-order valence-corrected chi connectivity index (χ3v) is 5.01. The summed E-state index contributed by atoms with van der Waals surface area (Å²) in [5.74, 6) is 0.581. The Balaban J connectivity index is 1.29. The number of carbonyl (C=O) groups is 2. The number of aromatic nitrogens is 1. The molecule has 1 N–H and O–H groups in total. The van der Waals surface area contributed by atoms with Crippen molar-refractivity contribution in [3.8, 4) is 0 Å². The van der Waals surface area contributed by atoms with Gasteiger partial charge in [0.2, 0.25) is 0 Å². The number of pyridine rings is 1. The molecule has 2 amide bonds. The number of benzene rings is 1. The number of hydrogen-bond acceptors (Lipinski definition) is 4. The molecule has 4 rings (SSSR count). The zero-order valence-corrected chi connectivity index (χ0v) is 14.9. The quantitative estimate of drug-likeness (QED) is 0.773. The van der Waals surface area contributed by atoms with Gasteiger partial charge in [-0.2, -0.15) is 0 Å². The lowest BCUT2D eigenvalue weighted by Gasteiger charge is -2.31. The monoisotopic (exact) mass is 363 g/mol. The molecule has 27 heavy (non-hydrogen) atoms. The van der Waals surface area contributed by atoms with Crippen molar-refractivity contribution in [2.45, 2.75) is 12.8 Å². The summed E-state index contributed by atoms with van der Waals surface area (Å²) in [4.78, 5) is 30.6. The summed E-state index contributed by atoms with van der Waals surface area (Å²) < 4.78 is 5.68. The molecule has 1 aliphatic heterocycles. The molecule has 6 heteroatoms. The summed E-state index contributed by atoms with van der Waals surface area (Å²) >= 11 is 0. The van der Waals surface area contributed by atoms with E-state index in [2.05, 4.69) is 10.3 Å². The second kappa shape index (κ2) is 7.61. The van der Waals surface area contributed by atoms with Gasteiger partial charge in [0.05, 0.1) is 5.56 Å². The summed E-state index contributed by atoms with van der Waals surface area (Å²) in [5.41, 5.74) is 1.30. The van der Waals surface area contributed by atoms with E-state index in [0.29, 0.717) is 36.9 Å². The van der Waals surface area contributed by atoms with Gasteiger partial charge < -0.3 is 14.6 Å². The molecule has 1 fully saturated rings. The van der Waals surface area contributed by atoms with Crippen LogP contribution < -0.4 is 5.32 Å². The van der Waals surface area contributed by atoms with E-state index in [1.807, 2.05) is 29.2 Å². The first kappa shape index (κ1) is 17.3. The van der Waals surface area contributed by atoms with Crippen LogP contribution in [0.3, 0.4) is 0 Å². The van der Waals surface area contributed by atoms with Gasteiger partial charge in [-0.05, 0) is 43.0 Å². The van der Waals surface area contributed by atoms with E-state index < -0.39 is 0 Å². The predicted octanol–water partition coefficient (Wildman–Crippen LogP) is 3.11. The van der Waals surface area contributed by atoms with E-state index in [4.69, 9.17) is 4.42 Å². The van der Waals surface area contributed by atoms with Crippen molar-refractivity contribution >= 4 is 22.8 Å². The van der Waals surface area contributed by atoms with E-state index >= 15 is 0 Å². The molecule has 1 aromatic carbocycles. The number of likely N-dealkylation sites (tertiary alicyclic amines) is 1. The molecule has 0 bridgehead atoms. The number of rotatable bonds is 4. The smallest absolute Gasteiger partial charge is 0.289 e. The minimum absolute atomic E-state index is 0.0657. The van der Waals surface area contributed by atoms with Crippen molar-refractivity contribution in [2.75, 3.05) is 19.6 Å². The van der Waals surface area contributed by atoms with Crippen LogP contribution in [0.5, 0.6) is 0 Å². The van der Waals surface area contributed by atoms with Crippen molar-refractivity contribution in [3.63, 3.8) is 0 Å². The molecular weight excluding hydrogens is 342 g/mol. The summed E-state index contributed by atoms with van der Waals surface area (Å²) in [6.07, 6.45) is 4.92. The van der Waals surface area contributed by atoms with Gasteiger partial charge in [-0.15, -0.1) is 0 Å². The fraction of sp³-hybridized carbons (Fsp3) is 0.286. The summed E-state index contributed by atoms with van der Waals surface area (Å²) in [5, 5.41) is 3.90. The summed E-state index contributed by atoms with van der Waals surface area (Å²) in [6, 6.07) is 12.9. The molecule has 138 valence electrons. The topological polar surface area (TPSA) is 75.4 Å². The third-order valence-electron chi connectivity index (χ3n) is 5.01. The minimum Gasteiger partial charge on any atom is -0.451 e. The first-order chi connectivity index (χ1) is 13.2. The molecule has 0 spiro atoms. The largest absolute Gasteiger partial charge is 0.451 e. The van der Waals surface area contributed by atoms with E-state index in [0.717, 1.165) is 23.8 Å². The molecule has 6 nitrogen and oxygen atoms in total. The predicted molar refractivity (Wildman–Crippen MR) is 101 cm³/mol. The average molecular weight is 363 g/mol. The van der Waals surface area contributed by atoms with Crippen molar-refractivity contribution in [2.24, 2.45) is 5.92 Å². The average Bonchev–Trinajstić information content (AvgIpc) is 3.17. The molecule has 3 aromatic rings. The maximum atomic E-state index is 12.7. The number of nitrogens with zero attached hydrogens (tertiary/aromatic N) is 2. The molecule has 1 aliphatic rings.